The summed E-state index contributed by atoms with van der Waals surface area (Å²) in [6.45, 7) is 3.29. The van der Waals surface area contributed by atoms with Gasteiger partial charge in [-0.1, -0.05) is 0 Å². The summed E-state index contributed by atoms with van der Waals surface area (Å²) in [5, 5.41) is 12.8. The van der Waals surface area contributed by atoms with Crippen LogP contribution in [0.5, 0.6) is 5.75 Å². The van der Waals surface area contributed by atoms with Gasteiger partial charge in [0.2, 0.25) is 0 Å². The van der Waals surface area contributed by atoms with E-state index in [9.17, 15) is 0 Å². The maximum atomic E-state index is 8.66. The molecule has 1 aromatic heterocycles. The standard InChI is InChI=1S/C13H13N3O/c1-11-6-7-15-16(11)8-9-17-13-4-2-12(10-14)3-5-13/h2-7H,8-9H2,1H3. The largest absolute Gasteiger partial charge is 0.492 e. The molecule has 0 aliphatic rings. The maximum absolute atomic E-state index is 8.66. The molecule has 4 heteroatoms. The molecule has 2 aromatic rings. The monoisotopic (exact) mass is 227 g/mol. The second-order valence-corrected chi connectivity index (χ2v) is 3.68. The fourth-order valence-corrected chi connectivity index (χ4v) is 1.51. The zero-order valence-electron chi connectivity index (χ0n) is 9.63. The van der Waals surface area contributed by atoms with Crippen LogP contribution in [0.3, 0.4) is 0 Å². The van der Waals surface area contributed by atoms with Crippen LogP contribution in [0.4, 0.5) is 0 Å². The zero-order chi connectivity index (χ0) is 12.1. The van der Waals surface area contributed by atoms with Gasteiger partial charge < -0.3 is 4.74 Å². The molecule has 0 saturated carbocycles. The van der Waals surface area contributed by atoms with Crippen LogP contribution < -0.4 is 4.74 Å². The third-order valence-corrected chi connectivity index (χ3v) is 2.48. The fourth-order valence-electron chi connectivity index (χ4n) is 1.51. The van der Waals surface area contributed by atoms with Gasteiger partial charge in [0.1, 0.15) is 12.4 Å². The smallest absolute Gasteiger partial charge is 0.119 e. The molecule has 0 saturated heterocycles. The minimum atomic E-state index is 0.564. The lowest BCUT2D eigenvalue weighted by atomic mass is 10.2. The molecule has 0 unspecified atom stereocenters. The van der Waals surface area contributed by atoms with Gasteiger partial charge in [0.05, 0.1) is 18.2 Å². The number of nitrogens with zero attached hydrogens (tertiary/aromatic N) is 3. The van der Waals surface area contributed by atoms with E-state index >= 15 is 0 Å². The predicted molar refractivity (Wildman–Crippen MR) is 63.6 cm³/mol. The van der Waals surface area contributed by atoms with Crippen LogP contribution in [0.1, 0.15) is 11.3 Å². The molecule has 0 N–H and O–H groups in total. The topological polar surface area (TPSA) is 50.8 Å². The highest BCUT2D eigenvalue weighted by atomic mass is 16.5. The summed E-state index contributed by atoms with van der Waals surface area (Å²) >= 11 is 0. The molecule has 2 rings (SSSR count). The van der Waals surface area contributed by atoms with Crippen molar-refractivity contribution in [2.24, 2.45) is 0 Å². The Labute approximate surface area is 100 Å². The van der Waals surface area contributed by atoms with Crippen LogP contribution in [0.25, 0.3) is 0 Å². The van der Waals surface area contributed by atoms with E-state index in [1.165, 1.54) is 0 Å². The van der Waals surface area contributed by atoms with Gasteiger partial charge in [-0.05, 0) is 37.3 Å². The molecule has 0 aliphatic heterocycles. The van der Waals surface area contributed by atoms with Crippen LogP contribution >= 0.6 is 0 Å². The first-order valence-electron chi connectivity index (χ1n) is 5.41. The number of hydrogen-bond donors (Lipinski definition) is 0. The molecular weight excluding hydrogens is 214 g/mol. The lowest BCUT2D eigenvalue weighted by Gasteiger charge is -2.07. The molecular formula is C13H13N3O. The summed E-state index contributed by atoms with van der Waals surface area (Å²) in [4.78, 5) is 0. The molecule has 0 aliphatic carbocycles. The SMILES string of the molecule is Cc1ccnn1CCOc1ccc(C#N)cc1. The molecule has 4 nitrogen and oxygen atoms in total. The normalized spacial score (nSPS) is 9.88. The van der Waals surface area contributed by atoms with Crippen molar-refractivity contribution in [1.82, 2.24) is 9.78 Å². The van der Waals surface area contributed by atoms with Gasteiger partial charge >= 0.3 is 0 Å². The van der Waals surface area contributed by atoms with Crippen LogP contribution in [0, 0.1) is 18.3 Å². The van der Waals surface area contributed by atoms with E-state index in [1.807, 2.05) is 17.7 Å². The van der Waals surface area contributed by atoms with E-state index in [-0.39, 0.29) is 0 Å². The molecule has 0 spiro atoms. The van der Waals surface area contributed by atoms with Gasteiger partial charge in [-0.25, -0.2) is 0 Å². The fraction of sp³-hybridized carbons (Fsp3) is 0.231. The molecule has 0 atom stereocenters. The highest BCUT2D eigenvalue weighted by Gasteiger charge is 1.98. The van der Waals surface area contributed by atoms with E-state index in [2.05, 4.69) is 11.2 Å². The molecule has 0 amide bonds. The van der Waals surface area contributed by atoms with Gasteiger partial charge in [-0.3, -0.25) is 4.68 Å². The number of hydrogen-bond acceptors (Lipinski definition) is 3. The van der Waals surface area contributed by atoms with Crippen LogP contribution in [-0.2, 0) is 6.54 Å². The Balaban J connectivity index is 1.86. The second kappa shape index (κ2) is 5.17. The Morgan fingerprint density at radius 1 is 1.29 bits per heavy atom. The summed E-state index contributed by atoms with van der Waals surface area (Å²) in [7, 11) is 0. The summed E-state index contributed by atoms with van der Waals surface area (Å²) in [5.41, 5.74) is 1.76. The molecule has 1 heterocycles. The number of nitriles is 1. The zero-order valence-corrected chi connectivity index (χ0v) is 9.63. The Morgan fingerprint density at radius 2 is 2.06 bits per heavy atom. The summed E-state index contributed by atoms with van der Waals surface area (Å²) in [5.74, 6) is 0.772. The number of ether oxygens (including phenoxy) is 1. The average molecular weight is 227 g/mol. The molecule has 0 radical (unpaired) electrons. The molecule has 86 valence electrons. The number of rotatable bonds is 4. The molecule has 0 fully saturated rings. The first kappa shape index (κ1) is 11.2. The summed E-state index contributed by atoms with van der Waals surface area (Å²) in [6, 6.07) is 11.1. The van der Waals surface area contributed by atoms with Crippen molar-refractivity contribution in [2.75, 3.05) is 6.61 Å². The van der Waals surface area contributed by atoms with Crippen molar-refractivity contribution in [3.63, 3.8) is 0 Å². The Kier molecular flexibility index (Phi) is 3.41. The second-order valence-electron chi connectivity index (χ2n) is 3.68. The Hall–Kier alpha value is -2.28. The van der Waals surface area contributed by atoms with Crippen molar-refractivity contribution in [1.29, 1.82) is 5.26 Å². The van der Waals surface area contributed by atoms with Crippen LogP contribution in [0.2, 0.25) is 0 Å². The van der Waals surface area contributed by atoms with Crippen molar-refractivity contribution in [3.8, 4) is 11.8 Å². The van der Waals surface area contributed by atoms with Crippen molar-refractivity contribution in [2.45, 2.75) is 13.5 Å². The van der Waals surface area contributed by atoms with E-state index < -0.39 is 0 Å². The molecule has 0 bridgehead atoms. The van der Waals surface area contributed by atoms with E-state index in [0.717, 1.165) is 18.0 Å². The van der Waals surface area contributed by atoms with Gasteiger partial charge in [0, 0.05) is 11.9 Å². The minimum absolute atomic E-state index is 0.564. The summed E-state index contributed by atoms with van der Waals surface area (Å²) in [6.07, 6.45) is 1.77. The number of aryl methyl sites for hydroxylation is 1. The van der Waals surface area contributed by atoms with Crippen molar-refractivity contribution >= 4 is 0 Å². The van der Waals surface area contributed by atoms with Gasteiger partial charge in [-0.2, -0.15) is 10.4 Å². The first-order valence-corrected chi connectivity index (χ1v) is 5.41. The molecule has 1 aromatic carbocycles. The van der Waals surface area contributed by atoms with E-state index in [4.69, 9.17) is 10.00 Å². The van der Waals surface area contributed by atoms with E-state index in [0.29, 0.717) is 12.2 Å². The van der Waals surface area contributed by atoms with Crippen LogP contribution in [-0.4, -0.2) is 16.4 Å². The number of benzene rings is 1. The quantitative estimate of drug-likeness (QED) is 0.804. The number of aromatic nitrogens is 2. The first-order chi connectivity index (χ1) is 8.29. The lowest BCUT2D eigenvalue weighted by Crippen LogP contribution is -2.10. The van der Waals surface area contributed by atoms with Crippen LogP contribution in [0.15, 0.2) is 36.5 Å². The van der Waals surface area contributed by atoms with Gasteiger partial charge in [0.15, 0.2) is 0 Å². The average Bonchev–Trinajstić information content (AvgIpc) is 2.76. The maximum Gasteiger partial charge on any atom is 0.119 e. The molecule has 17 heavy (non-hydrogen) atoms. The highest BCUT2D eigenvalue weighted by Crippen LogP contribution is 2.11. The minimum Gasteiger partial charge on any atom is -0.492 e. The lowest BCUT2D eigenvalue weighted by molar-refractivity contribution is 0.290. The van der Waals surface area contributed by atoms with Gasteiger partial charge in [-0.15, -0.1) is 0 Å². The van der Waals surface area contributed by atoms with Gasteiger partial charge in [0.25, 0.3) is 0 Å². The van der Waals surface area contributed by atoms with Crippen molar-refractivity contribution in [3.05, 3.63) is 47.8 Å². The van der Waals surface area contributed by atoms with Crippen molar-refractivity contribution < 1.29 is 4.74 Å². The highest BCUT2D eigenvalue weighted by molar-refractivity contribution is 5.34. The Morgan fingerprint density at radius 3 is 2.65 bits per heavy atom. The summed E-state index contributed by atoms with van der Waals surface area (Å²) < 4.78 is 7.46. The predicted octanol–water partition coefficient (Wildman–Crippen LogP) is 2.14. The Bertz CT molecular complexity index is 522. The third kappa shape index (κ3) is 2.85. The van der Waals surface area contributed by atoms with E-state index in [1.54, 1.807) is 30.5 Å². The third-order valence-electron chi connectivity index (χ3n) is 2.48.